The summed E-state index contributed by atoms with van der Waals surface area (Å²) in [7, 11) is 0. The molecule has 0 spiro atoms. The third-order valence-electron chi connectivity index (χ3n) is 5.68. The molecule has 0 unspecified atom stereocenters. The SMILES string of the molecule is CCOC(=O)c1cccc2nc(C)n(-c3ccc(-c4ccccc4-c4nnn[nH]4)c(SCC)c3)c12. The van der Waals surface area contributed by atoms with E-state index in [9.17, 15) is 4.79 Å². The van der Waals surface area contributed by atoms with Crippen LogP contribution in [-0.4, -0.2) is 48.5 Å². The van der Waals surface area contributed by atoms with Gasteiger partial charge >= 0.3 is 5.97 Å². The van der Waals surface area contributed by atoms with E-state index in [0.717, 1.165) is 49.9 Å². The maximum absolute atomic E-state index is 12.7. The van der Waals surface area contributed by atoms with Gasteiger partial charge in [-0.1, -0.05) is 43.3 Å². The number of para-hydroxylation sites is 1. The lowest BCUT2D eigenvalue weighted by molar-refractivity contribution is 0.0528. The standard InChI is InChI=1S/C26H24N6O2S/c1-4-34-26(33)21-11-8-12-22-24(21)32(16(3)27-22)17-13-14-19(23(15-17)35-5-2)18-9-6-7-10-20(18)25-28-30-31-29-25/h6-15H,4-5H2,1-3H3,(H,28,29,30,31). The molecule has 176 valence electrons. The van der Waals surface area contributed by atoms with Gasteiger partial charge in [0.15, 0.2) is 5.82 Å². The van der Waals surface area contributed by atoms with Crippen molar-refractivity contribution in [2.45, 2.75) is 25.7 Å². The number of H-pyrrole nitrogens is 1. The molecular formula is C26H24N6O2S. The molecule has 2 aromatic heterocycles. The summed E-state index contributed by atoms with van der Waals surface area (Å²) in [6.45, 7) is 6.19. The van der Waals surface area contributed by atoms with Gasteiger partial charge in [-0.15, -0.1) is 16.9 Å². The Hall–Kier alpha value is -3.98. The molecule has 0 aliphatic carbocycles. The van der Waals surface area contributed by atoms with Crippen LogP contribution >= 0.6 is 11.8 Å². The Bertz CT molecular complexity index is 1510. The molecule has 3 aromatic carbocycles. The molecule has 5 aromatic rings. The van der Waals surface area contributed by atoms with Gasteiger partial charge in [-0.25, -0.2) is 14.9 Å². The predicted molar refractivity (Wildman–Crippen MR) is 137 cm³/mol. The Balaban J connectivity index is 1.69. The number of fused-ring (bicyclic) bond motifs is 1. The van der Waals surface area contributed by atoms with Gasteiger partial charge < -0.3 is 4.74 Å². The van der Waals surface area contributed by atoms with Gasteiger partial charge in [0.1, 0.15) is 5.82 Å². The molecule has 0 radical (unpaired) electrons. The number of rotatable bonds is 7. The van der Waals surface area contributed by atoms with Crippen molar-refractivity contribution in [3.8, 4) is 28.2 Å². The number of nitrogens with one attached hydrogen (secondary N) is 1. The van der Waals surface area contributed by atoms with E-state index in [1.165, 1.54) is 0 Å². The van der Waals surface area contributed by atoms with E-state index >= 15 is 0 Å². The predicted octanol–water partition coefficient (Wildman–Crippen LogP) is 5.47. The zero-order chi connectivity index (χ0) is 24.4. The number of carbonyl (C=O) groups excluding carboxylic acids is 1. The van der Waals surface area contributed by atoms with Crippen molar-refractivity contribution < 1.29 is 9.53 Å². The Labute approximate surface area is 206 Å². The van der Waals surface area contributed by atoms with Crippen LogP contribution in [0.5, 0.6) is 0 Å². The number of ether oxygens (including phenoxy) is 1. The molecule has 0 aliphatic heterocycles. The smallest absolute Gasteiger partial charge is 0.340 e. The van der Waals surface area contributed by atoms with Crippen LogP contribution in [0.25, 0.3) is 39.2 Å². The van der Waals surface area contributed by atoms with E-state index in [4.69, 9.17) is 9.72 Å². The molecule has 0 fully saturated rings. The zero-order valence-electron chi connectivity index (χ0n) is 19.6. The number of tetrazole rings is 1. The highest BCUT2D eigenvalue weighted by molar-refractivity contribution is 7.99. The molecule has 5 rings (SSSR count). The fraction of sp³-hybridized carbons (Fsp3) is 0.192. The minimum atomic E-state index is -0.353. The van der Waals surface area contributed by atoms with Crippen molar-refractivity contribution in [2.24, 2.45) is 0 Å². The summed E-state index contributed by atoms with van der Waals surface area (Å²) in [4.78, 5) is 18.6. The van der Waals surface area contributed by atoms with E-state index in [2.05, 4.69) is 51.8 Å². The van der Waals surface area contributed by atoms with Gasteiger partial charge in [-0.2, -0.15) is 0 Å². The van der Waals surface area contributed by atoms with Crippen molar-refractivity contribution in [3.05, 3.63) is 72.1 Å². The van der Waals surface area contributed by atoms with Gasteiger partial charge in [-0.3, -0.25) is 4.57 Å². The number of benzene rings is 3. The number of esters is 1. The zero-order valence-corrected chi connectivity index (χ0v) is 20.5. The maximum Gasteiger partial charge on any atom is 0.340 e. The summed E-state index contributed by atoms with van der Waals surface area (Å²) in [6, 6.07) is 19.9. The fourth-order valence-corrected chi connectivity index (χ4v) is 5.13. The van der Waals surface area contributed by atoms with Crippen LogP contribution in [0.1, 0.15) is 30.0 Å². The van der Waals surface area contributed by atoms with Crippen LogP contribution in [0.4, 0.5) is 0 Å². The second kappa shape index (κ2) is 9.71. The van der Waals surface area contributed by atoms with E-state index < -0.39 is 0 Å². The topological polar surface area (TPSA) is 98.6 Å². The van der Waals surface area contributed by atoms with E-state index in [1.807, 2.05) is 41.8 Å². The lowest BCUT2D eigenvalue weighted by Gasteiger charge is -2.16. The molecule has 0 aliphatic rings. The number of thioether (sulfide) groups is 1. The normalized spacial score (nSPS) is 11.2. The number of hydrogen-bond donors (Lipinski definition) is 1. The third kappa shape index (κ3) is 4.19. The number of aryl methyl sites for hydroxylation is 1. The molecule has 0 saturated carbocycles. The average molecular weight is 485 g/mol. The molecule has 9 heteroatoms. The van der Waals surface area contributed by atoms with Gasteiger partial charge in [-0.05, 0) is 65.4 Å². The van der Waals surface area contributed by atoms with Crippen LogP contribution in [0.3, 0.4) is 0 Å². The van der Waals surface area contributed by atoms with Gasteiger partial charge in [0.25, 0.3) is 0 Å². The maximum atomic E-state index is 12.7. The summed E-state index contributed by atoms with van der Waals surface area (Å²) in [5, 5.41) is 14.5. The van der Waals surface area contributed by atoms with Crippen LogP contribution in [-0.2, 0) is 4.74 Å². The molecule has 1 N–H and O–H groups in total. The van der Waals surface area contributed by atoms with Gasteiger partial charge in [0.05, 0.1) is 23.2 Å². The Kier molecular flexibility index (Phi) is 6.33. The van der Waals surface area contributed by atoms with Crippen molar-refractivity contribution in [1.82, 2.24) is 30.2 Å². The summed E-state index contributed by atoms with van der Waals surface area (Å²) >= 11 is 1.76. The molecule has 35 heavy (non-hydrogen) atoms. The second-order valence-electron chi connectivity index (χ2n) is 7.80. The lowest BCUT2D eigenvalue weighted by Crippen LogP contribution is -2.08. The minimum Gasteiger partial charge on any atom is -0.462 e. The van der Waals surface area contributed by atoms with E-state index in [1.54, 1.807) is 24.8 Å². The lowest BCUT2D eigenvalue weighted by atomic mass is 9.99. The van der Waals surface area contributed by atoms with E-state index in [0.29, 0.717) is 18.0 Å². The summed E-state index contributed by atoms with van der Waals surface area (Å²) < 4.78 is 7.35. The number of carbonyl (C=O) groups is 1. The Morgan fingerprint density at radius 2 is 1.86 bits per heavy atom. The van der Waals surface area contributed by atoms with Crippen LogP contribution in [0, 0.1) is 6.92 Å². The Morgan fingerprint density at radius 1 is 1.03 bits per heavy atom. The molecule has 0 amide bonds. The van der Waals surface area contributed by atoms with E-state index in [-0.39, 0.29) is 5.97 Å². The highest BCUT2D eigenvalue weighted by Gasteiger charge is 2.20. The summed E-state index contributed by atoms with van der Waals surface area (Å²) in [5.41, 5.74) is 5.98. The molecule has 0 saturated heterocycles. The fourth-order valence-electron chi connectivity index (χ4n) is 4.28. The van der Waals surface area contributed by atoms with Gasteiger partial charge in [0, 0.05) is 16.1 Å². The Morgan fingerprint density at radius 3 is 2.60 bits per heavy atom. The van der Waals surface area contributed by atoms with Crippen molar-refractivity contribution in [3.63, 3.8) is 0 Å². The number of aromatic amines is 1. The average Bonchev–Trinajstić information content (AvgIpc) is 3.52. The molecular weight excluding hydrogens is 460 g/mol. The quantitative estimate of drug-likeness (QED) is 0.242. The van der Waals surface area contributed by atoms with Crippen molar-refractivity contribution in [2.75, 3.05) is 12.4 Å². The first-order valence-electron chi connectivity index (χ1n) is 11.4. The monoisotopic (exact) mass is 484 g/mol. The molecule has 2 heterocycles. The van der Waals surface area contributed by atoms with Crippen molar-refractivity contribution in [1.29, 1.82) is 0 Å². The number of aromatic nitrogens is 6. The van der Waals surface area contributed by atoms with Crippen LogP contribution in [0.15, 0.2) is 65.6 Å². The molecule has 0 atom stereocenters. The third-order valence-corrected chi connectivity index (χ3v) is 6.62. The number of nitrogens with zero attached hydrogens (tertiary/aromatic N) is 5. The summed E-state index contributed by atoms with van der Waals surface area (Å²) in [5.74, 6) is 1.96. The highest BCUT2D eigenvalue weighted by Crippen LogP contribution is 2.38. The van der Waals surface area contributed by atoms with Crippen LogP contribution in [0.2, 0.25) is 0 Å². The second-order valence-corrected chi connectivity index (χ2v) is 9.10. The van der Waals surface area contributed by atoms with Gasteiger partial charge in [0.2, 0.25) is 0 Å². The molecule has 8 nitrogen and oxygen atoms in total. The largest absolute Gasteiger partial charge is 0.462 e. The van der Waals surface area contributed by atoms with Crippen molar-refractivity contribution >= 4 is 28.8 Å². The first-order valence-corrected chi connectivity index (χ1v) is 12.4. The minimum absolute atomic E-state index is 0.314. The number of imidazole rings is 1. The first-order chi connectivity index (χ1) is 17.1. The highest BCUT2D eigenvalue weighted by atomic mass is 32.2. The first kappa shape index (κ1) is 22.8. The molecule has 0 bridgehead atoms. The summed E-state index contributed by atoms with van der Waals surface area (Å²) in [6.07, 6.45) is 0. The van der Waals surface area contributed by atoms with Crippen LogP contribution < -0.4 is 0 Å². The number of hydrogen-bond acceptors (Lipinski definition) is 7.